The van der Waals surface area contributed by atoms with E-state index in [-0.39, 0.29) is 17.6 Å². The van der Waals surface area contributed by atoms with Crippen LogP contribution in [0.4, 0.5) is 0 Å². The van der Waals surface area contributed by atoms with Gasteiger partial charge in [-0.2, -0.15) is 0 Å². The number of Topliss-reactive ketones (excluding diaryl/α,β-unsaturated/α-hetero) is 1. The molecule has 4 rings (SSSR count). The molecule has 192 valence electrons. The van der Waals surface area contributed by atoms with Gasteiger partial charge in [-0.1, -0.05) is 129 Å². The smallest absolute Gasteiger partial charge is 0.329 e. The van der Waals surface area contributed by atoms with Gasteiger partial charge >= 0.3 is 5.97 Å². The fourth-order valence-electron chi connectivity index (χ4n) is 4.31. The van der Waals surface area contributed by atoms with Crippen molar-refractivity contribution in [2.75, 3.05) is 6.61 Å². The number of rotatable bonds is 10. The van der Waals surface area contributed by atoms with Crippen molar-refractivity contribution in [3.8, 4) is 11.1 Å². The second-order valence-corrected chi connectivity index (χ2v) is 9.46. The number of ketones is 1. The molecule has 4 aromatic rings. The van der Waals surface area contributed by atoms with Crippen LogP contribution < -0.4 is 5.32 Å². The van der Waals surface area contributed by atoms with Crippen LogP contribution in [0.15, 0.2) is 115 Å². The van der Waals surface area contributed by atoms with Gasteiger partial charge in [0.25, 0.3) is 0 Å². The summed E-state index contributed by atoms with van der Waals surface area (Å²) < 4.78 is 5.39. The molecular formula is C33H31NO4. The molecule has 0 aromatic heterocycles. The second kappa shape index (κ2) is 12.6. The largest absolute Gasteiger partial charge is 0.456 e. The van der Waals surface area contributed by atoms with E-state index >= 15 is 0 Å². The standard InChI is InChI=1S/C33H31NO4/c1-23(2)31(34-32(36)30(27-14-8-4-9-15-27)28-16-10-5-11-17-28)33(37)38-22-29(35)26-20-18-25(19-21-26)24-12-6-3-7-13-24/h3-21,23,30-31H,22H2,1-2H3,(H,34,36)/t31-/m0/s1. The Labute approximate surface area is 223 Å². The lowest BCUT2D eigenvalue weighted by Gasteiger charge is -2.24. The molecule has 0 aliphatic carbocycles. The van der Waals surface area contributed by atoms with Crippen LogP contribution in [0.1, 0.15) is 41.3 Å². The Hall–Kier alpha value is -4.51. The van der Waals surface area contributed by atoms with E-state index in [9.17, 15) is 14.4 Å². The molecule has 38 heavy (non-hydrogen) atoms. The highest BCUT2D eigenvalue weighted by atomic mass is 16.5. The number of amides is 1. The van der Waals surface area contributed by atoms with Crippen LogP contribution in [-0.4, -0.2) is 30.3 Å². The molecule has 1 atom stereocenters. The Morgan fingerprint density at radius 3 is 1.63 bits per heavy atom. The van der Waals surface area contributed by atoms with Crippen molar-refractivity contribution in [2.45, 2.75) is 25.8 Å². The van der Waals surface area contributed by atoms with Crippen LogP contribution in [-0.2, 0) is 14.3 Å². The first-order chi connectivity index (χ1) is 18.4. The maximum Gasteiger partial charge on any atom is 0.329 e. The molecule has 0 unspecified atom stereocenters. The average molecular weight is 506 g/mol. The van der Waals surface area contributed by atoms with Crippen molar-refractivity contribution < 1.29 is 19.1 Å². The fraction of sp³-hybridized carbons (Fsp3) is 0.182. The molecule has 5 nitrogen and oxygen atoms in total. The van der Waals surface area contributed by atoms with E-state index in [1.807, 2.05) is 117 Å². The van der Waals surface area contributed by atoms with Crippen LogP contribution in [0, 0.1) is 5.92 Å². The van der Waals surface area contributed by atoms with Gasteiger partial charge in [0.2, 0.25) is 5.91 Å². The summed E-state index contributed by atoms with van der Waals surface area (Å²) in [5.41, 5.74) is 4.14. The van der Waals surface area contributed by atoms with Crippen LogP contribution in [0.5, 0.6) is 0 Å². The number of ether oxygens (including phenoxy) is 1. The third-order valence-corrected chi connectivity index (χ3v) is 6.41. The second-order valence-electron chi connectivity index (χ2n) is 9.46. The molecule has 5 heteroatoms. The first-order valence-corrected chi connectivity index (χ1v) is 12.7. The summed E-state index contributed by atoms with van der Waals surface area (Å²) in [5, 5.41) is 2.88. The van der Waals surface area contributed by atoms with Gasteiger partial charge < -0.3 is 10.1 Å². The molecule has 0 saturated heterocycles. The first-order valence-electron chi connectivity index (χ1n) is 12.7. The van der Waals surface area contributed by atoms with E-state index in [2.05, 4.69) is 5.32 Å². The normalized spacial score (nSPS) is 11.7. The van der Waals surface area contributed by atoms with Gasteiger partial charge in [0.05, 0.1) is 5.92 Å². The van der Waals surface area contributed by atoms with Crippen molar-refractivity contribution in [1.29, 1.82) is 0 Å². The molecule has 0 radical (unpaired) electrons. The first kappa shape index (κ1) is 26.6. The highest BCUT2D eigenvalue weighted by molar-refractivity contribution is 5.99. The van der Waals surface area contributed by atoms with Gasteiger partial charge in [-0.25, -0.2) is 4.79 Å². The number of nitrogens with one attached hydrogen (secondary N) is 1. The number of carbonyl (C=O) groups excluding carboxylic acids is 3. The quantitative estimate of drug-likeness (QED) is 0.210. The summed E-state index contributed by atoms with van der Waals surface area (Å²) in [6.07, 6.45) is 0. The molecule has 0 aliphatic rings. The molecule has 0 heterocycles. The summed E-state index contributed by atoms with van der Waals surface area (Å²) in [4.78, 5) is 39.2. The Kier molecular flexibility index (Phi) is 8.83. The molecule has 1 N–H and O–H groups in total. The third kappa shape index (κ3) is 6.62. The van der Waals surface area contributed by atoms with Crippen molar-refractivity contribution in [3.63, 3.8) is 0 Å². The Morgan fingerprint density at radius 1 is 0.658 bits per heavy atom. The fourth-order valence-corrected chi connectivity index (χ4v) is 4.31. The van der Waals surface area contributed by atoms with Gasteiger partial charge in [-0.3, -0.25) is 9.59 Å². The minimum atomic E-state index is -0.898. The van der Waals surface area contributed by atoms with E-state index in [0.29, 0.717) is 5.56 Å². The predicted octanol–water partition coefficient (Wildman–Crippen LogP) is 6.05. The van der Waals surface area contributed by atoms with E-state index in [1.165, 1.54) is 0 Å². The van der Waals surface area contributed by atoms with E-state index in [0.717, 1.165) is 22.3 Å². The number of hydrogen-bond acceptors (Lipinski definition) is 4. The van der Waals surface area contributed by atoms with Crippen molar-refractivity contribution in [1.82, 2.24) is 5.32 Å². The minimum Gasteiger partial charge on any atom is -0.456 e. The van der Waals surface area contributed by atoms with Crippen LogP contribution in [0.25, 0.3) is 11.1 Å². The van der Waals surface area contributed by atoms with Gasteiger partial charge in [-0.05, 0) is 28.2 Å². The van der Waals surface area contributed by atoms with Gasteiger partial charge in [0.15, 0.2) is 12.4 Å². The lowest BCUT2D eigenvalue weighted by molar-refractivity contribution is -0.148. The average Bonchev–Trinajstić information content (AvgIpc) is 2.96. The summed E-state index contributed by atoms with van der Waals surface area (Å²) in [6, 6.07) is 35.0. The van der Waals surface area contributed by atoms with Crippen LogP contribution >= 0.6 is 0 Å². The lowest BCUT2D eigenvalue weighted by Crippen LogP contribution is -2.47. The van der Waals surface area contributed by atoms with E-state index in [4.69, 9.17) is 4.74 Å². The maximum atomic E-state index is 13.5. The predicted molar refractivity (Wildman–Crippen MR) is 149 cm³/mol. The molecule has 1 amide bonds. The molecule has 0 aliphatic heterocycles. The number of carbonyl (C=O) groups is 3. The zero-order valence-electron chi connectivity index (χ0n) is 21.5. The van der Waals surface area contributed by atoms with Crippen molar-refractivity contribution in [3.05, 3.63) is 132 Å². The number of esters is 1. The molecule has 0 fully saturated rings. The topological polar surface area (TPSA) is 72.5 Å². The molecular weight excluding hydrogens is 474 g/mol. The minimum absolute atomic E-state index is 0.237. The summed E-state index contributed by atoms with van der Waals surface area (Å²) >= 11 is 0. The molecule has 0 spiro atoms. The summed E-state index contributed by atoms with van der Waals surface area (Å²) in [5.74, 6) is -2.07. The van der Waals surface area contributed by atoms with E-state index < -0.39 is 24.5 Å². The molecule has 0 saturated carbocycles. The van der Waals surface area contributed by atoms with Gasteiger partial charge in [-0.15, -0.1) is 0 Å². The van der Waals surface area contributed by atoms with Crippen LogP contribution in [0.3, 0.4) is 0 Å². The van der Waals surface area contributed by atoms with E-state index in [1.54, 1.807) is 12.1 Å². The summed E-state index contributed by atoms with van der Waals surface area (Å²) in [6.45, 7) is 3.26. The summed E-state index contributed by atoms with van der Waals surface area (Å²) in [7, 11) is 0. The highest BCUT2D eigenvalue weighted by Crippen LogP contribution is 2.25. The Morgan fingerprint density at radius 2 is 1.13 bits per heavy atom. The highest BCUT2D eigenvalue weighted by Gasteiger charge is 2.31. The Bertz CT molecular complexity index is 1310. The number of hydrogen-bond donors (Lipinski definition) is 1. The maximum absolute atomic E-state index is 13.5. The molecule has 0 bridgehead atoms. The van der Waals surface area contributed by atoms with Gasteiger partial charge in [0, 0.05) is 5.56 Å². The SMILES string of the molecule is CC(C)[C@H](NC(=O)C(c1ccccc1)c1ccccc1)C(=O)OCC(=O)c1ccc(-c2ccccc2)cc1. The van der Waals surface area contributed by atoms with Crippen LogP contribution in [0.2, 0.25) is 0 Å². The van der Waals surface area contributed by atoms with Crippen molar-refractivity contribution >= 4 is 17.7 Å². The number of benzene rings is 4. The van der Waals surface area contributed by atoms with Crippen molar-refractivity contribution in [2.24, 2.45) is 5.92 Å². The monoisotopic (exact) mass is 505 g/mol. The Balaban J connectivity index is 1.42. The molecule has 4 aromatic carbocycles. The zero-order chi connectivity index (χ0) is 26.9. The lowest BCUT2D eigenvalue weighted by atomic mass is 9.90. The third-order valence-electron chi connectivity index (χ3n) is 6.41. The van der Waals surface area contributed by atoms with Gasteiger partial charge in [0.1, 0.15) is 6.04 Å². The zero-order valence-corrected chi connectivity index (χ0v) is 21.5.